The maximum Gasteiger partial charge on any atom is 0.0701 e. The van der Waals surface area contributed by atoms with Crippen molar-refractivity contribution in [3.05, 3.63) is 0 Å². The van der Waals surface area contributed by atoms with Gasteiger partial charge >= 0.3 is 0 Å². The molecule has 6 heteroatoms. The average molecular weight is 303 g/mol. The molecule has 2 bridgehead atoms. The molecule has 0 radical (unpaired) electrons. The highest BCUT2D eigenvalue weighted by Crippen LogP contribution is 2.35. The van der Waals surface area contributed by atoms with Crippen LogP contribution in [-0.2, 0) is 18.9 Å². The Kier molecular flexibility index (Phi) is 6.85. The zero-order valence-electron chi connectivity index (χ0n) is 13.3. The summed E-state index contributed by atoms with van der Waals surface area (Å²) in [6, 6.07) is 0.666. The molecule has 124 valence electrons. The first-order valence-corrected chi connectivity index (χ1v) is 7.81. The average Bonchev–Trinajstić information content (AvgIpc) is 2.44. The van der Waals surface area contributed by atoms with Crippen molar-refractivity contribution in [2.75, 3.05) is 60.4 Å². The van der Waals surface area contributed by atoms with E-state index in [0.29, 0.717) is 51.5 Å². The van der Waals surface area contributed by atoms with Gasteiger partial charge in [0.05, 0.1) is 45.2 Å². The highest BCUT2D eigenvalue weighted by atomic mass is 16.5. The first-order chi connectivity index (χ1) is 10.1. The first-order valence-electron chi connectivity index (χ1n) is 7.81. The summed E-state index contributed by atoms with van der Waals surface area (Å²) in [7, 11) is 3.79. The predicted molar refractivity (Wildman–Crippen MR) is 78.5 cm³/mol. The van der Waals surface area contributed by atoms with E-state index in [2.05, 4.69) is 11.9 Å². The molecule has 2 saturated heterocycles. The van der Waals surface area contributed by atoms with Gasteiger partial charge < -0.3 is 24.1 Å². The fraction of sp³-hybridized carbons (Fsp3) is 1.00. The Bertz CT molecular complexity index is 288. The number of fused-ring (bicyclic) bond motifs is 2. The summed E-state index contributed by atoms with van der Waals surface area (Å²) in [5, 5.41) is 10.8. The lowest BCUT2D eigenvalue weighted by atomic mass is 9.80. The van der Waals surface area contributed by atoms with Crippen LogP contribution in [0.15, 0.2) is 0 Å². The fourth-order valence-electron chi connectivity index (χ4n) is 3.17. The lowest BCUT2D eigenvalue weighted by Crippen LogP contribution is -2.60. The van der Waals surface area contributed by atoms with Gasteiger partial charge in [0.25, 0.3) is 0 Å². The molecule has 0 aromatic carbocycles. The molecular weight excluding hydrogens is 274 g/mol. The van der Waals surface area contributed by atoms with Crippen LogP contribution in [0.25, 0.3) is 0 Å². The Balaban J connectivity index is 1.59. The number of aliphatic hydroxyl groups is 1. The second-order valence-corrected chi connectivity index (χ2v) is 6.11. The molecule has 2 fully saturated rings. The molecule has 0 aromatic rings. The van der Waals surface area contributed by atoms with Crippen LogP contribution in [0.4, 0.5) is 0 Å². The van der Waals surface area contributed by atoms with Crippen molar-refractivity contribution in [2.24, 2.45) is 0 Å². The molecule has 2 aliphatic heterocycles. The quantitative estimate of drug-likeness (QED) is 0.618. The van der Waals surface area contributed by atoms with Crippen molar-refractivity contribution in [1.29, 1.82) is 0 Å². The molecule has 2 aliphatic rings. The number of morpholine rings is 1. The highest BCUT2D eigenvalue weighted by Gasteiger charge is 2.44. The predicted octanol–water partition coefficient (Wildman–Crippen LogP) is 0.280. The van der Waals surface area contributed by atoms with Crippen LogP contribution in [-0.4, -0.2) is 88.1 Å². The number of ether oxygens (including phenoxy) is 4. The van der Waals surface area contributed by atoms with E-state index < -0.39 is 5.60 Å². The molecule has 6 nitrogen and oxygen atoms in total. The van der Waals surface area contributed by atoms with E-state index in [0.717, 1.165) is 26.1 Å². The number of piperidine rings is 1. The van der Waals surface area contributed by atoms with Crippen LogP contribution in [0.1, 0.15) is 19.3 Å². The second kappa shape index (κ2) is 8.41. The summed E-state index contributed by atoms with van der Waals surface area (Å²) in [6.07, 6.45) is 2.23. The van der Waals surface area contributed by atoms with Gasteiger partial charge in [-0.2, -0.15) is 0 Å². The fourth-order valence-corrected chi connectivity index (χ4v) is 3.17. The summed E-state index contributed by atoms with van der Waals surface area (Å²) in [5.41, 5.74) is -0.609. The Morgan fingerprint density at radius 3 is 2.24 bits per heavy atom. The lowest BCUT2D eigenvalue weighted by molar-refractivity contribution is -0.141. The van der Waals surface area contributed by atoms with Crippen LogP contribution in [0.2, 0.25) is 0 Å². The largest absolute Gasteiger partial charge is 0.390 e. The van der Waals surface area contributed by atoms with Crippen molar-refractivity contribution in [3.8, 4) is 0 Å². The molecule has 2 atom stereocenters. The minimum Gasteiger partial charge on any atom is -0.390 e. The summed E-state index contributed by atoms with van der Waals surface area (Å²) >= 11 is 0. The Morgan fingerprint density at radius 2 is 1.62 bits per heavy atom. The van der Waals surface area contributed by atoms with Crippen molar-refractivity contribution in [1.82, 2.24) is 4.90 Å². The highest BCUT2D eigenvalue weighted by molar-refractivity contribution is 4.97. The van der Waals surface area contributed by atoms with Gasteiger partial charge in [0.2, 0.25) is 0 Å². The smallest absolute Gasteiger partial charge is 0.0701 e. The molecule has 1 N–H and O–H groups in total. The van der Waals surface area contributed by atoms with E-state index >= 15 is 0 Å². The van der Waals surface area contributed by atoms with Crippen LogP contribution in [0.5, 0.6) is 0 Å². The number of methoxy groups -OCH3 is 1. The summed E-state index contributed by atoms with van der Waals surface area (Å²) < 4.78 is 21.4. The minimum atomic E-state index is -0.609. The SMILES string of the molecule is COCCOCCOCCC1(O)CC2COCC(C1)N2C. The molecular formula is C15H29NO5. The maximum atomic E-state index is 10.8. The van der Waals surface area contributed by atoms with Crippen LogP contribution in [0.3, 0.4) is 0 Å². The molecule has 2 unspecified atom stereocenters. The number of nitrogens with zero attached hydrogens (tertiary/aromatic N) is 1. The van der Waals surface area contributed by atoms with Crippen molar-refractivity contribution >= 4 is 0 Å². The van der Waals surface area contributed by atoms with Gasteiger partial charge in [-0.25, -0.2) is 0 Å². The van der Waals surface area contributed by atoms with E-state index in [1.165, 1.54) is 0 Å². The molecule has 0 aliphatic carbocycles. The van der Waals surface area contributed by atoms with Gasteiger partial charge in [-0.15, -0.1) is 0 Å². The second-order valence-electron chi connectivity index (χ2n) is 6.11. The van der Waals surface area contributed by atoms with Crippen LogP contribution in [0, 0.1) is 0 Å². The first kappa shape index (κ1) is 17.1. The van der Waals surface area contributed by atoms with Gasteiger partial charge in [0.1, 0.15) is 0 Å². The third kappa shape index (κ3) is 5.16. The molecule has 0 saturated carbocycles. The van der Waals surface area contributed by atoms with Crippen molar-refractivity contribution < 1.29 is 24.1 Å². The third-order valence-corrected chi connectivity index (χ3v) is 4.52. The van der Waals surface area contributed by atoms with Crippen LogP contribution < -0.4 is 0 Å². The lowest BCUT2D eigenvalue weighted by Gasteiger charge is -2.50. The van der Waals surface area contributed by atoms with Gasteiger partial charge in [0.15, 0.2) is 0 Å². The maximum absolute atomic E-state index is 10.8. The van der Waals surface area contributed by atoms with E-state index in [9.17, 15) is 5.11 Å². The van der Waals surface area contributed by atoms with Crippen molar-refractivity contribution in [3.63, 3.8) is 0 Å². The molecule has 0 amide bonds. The van der Waals surface area contributed by atoms with Crippen LogP contribution >= 0.6 is 0 Å². The number of likely N-dealkylation sites (N-methyl/N-ethyl adjacent to an activating group) is 1. The Morgan fingerprint density at radius 1 is 1.05 bits per heavy atom. The monoisotopic (exact) mass is 303 g/mol. The molecule has 21 heavy (non-hydrogen) atoms. The summed E-state index contributed by atoms with van der Waals surface area (Å²) in [4.78, 5) is 2.35. The van der Waals surface area contributed by atoms with E-state index in [4.69, 9.17) is 18.9 Å². The minimum absolute atomic E-state index is 0.333. The summed E-state index contributed by atoms with van der Waals surface area (Å²) in [5.74, 6) is 0. The van der Waals surface area contributed by atoms with E-state index in [1.807, 2.05) is 0 Å². The standard InChI is InChI=1S/C15H29NO5/c1-16-13-9-15(17,10-14(16)12-21-11-13)3-4-19-7-8-20-6-5-18-2/h13-14,17H,3-12H2,1-2H3. The molecule has 2 rings (SSSR count). The van der Waals surface area contributed by atoms with Crippen molar-refractivity contribution in [2.45, 2.75) is 36.9 Å². The zero-order chi connectivity index (χ0) is 15.1. The number of rotatable bonds is 9. The van der Waals surface area contributed by atoms with E-state index in [-0.39, 0.29) is 0 Å². The van der Waals surface area contributed by atoms with Gasteiger partial charge in [0, 0.05) is 25.8 Å². The molecule has 2 heterocycles. The topological polar surface area (TPSA) is 60.4 Å². The zero-order valence-corrected chi connectivity index (χ0v) is 13.3. The van der Waals surface area contributed by atoms with Gasteiger partial charge in [-0.1, -0.05) is 0 Å². The Labute approximate surface area is 127 Å². The molecule has 0 aromatic heterocycles. The number of hydrogen-bond acceptors (Lipinski definition) is 6. The Hall–Kier alpha value is -0.240. The van der Waals surface area contributed by atoms with E-state index in [1.54, 1.807) is 7.11 Å². The van der Waals surface area contributed by atoms with Gasteiger partial charge in [-0.3, -0.25) is 4.90 Å². The third-order valence-electron chi connectivity index (χ3n) is 4.52. The normalized spacial score (nSPS) is 33.3. The molecule has 0 spiro atoms. The van der Waals surface area contributed by atoms with Gasteiger partial charge in [-0.05, 0) is 26.3 Å². The number of hydrogen-bond donors (Lipinski definition) is 1. The summed E-state index contributed by atoms with van der Waals surface area (Å²) in [6.45, 7) is 4.37.